The van der Waals surface area contributed by atoms with Crippen molar-refractivity contribution in [3.05, 3.63) is 21.9 Å². The van der Waals surface area contributed by atoms with Crippen molar-refractivity contribution >= 4 is 11.3 Å². The molecule has 0 saturated carbocycles. The van der Waals surface area contributed by atoms with Crippen LogP contribution in [0.4, 0.5) is 0 Å². The Morgan fingerprint density at radius 3 is 2.92 bits per heavy atom. The van der Waals surface area contributed by atoms with E-state index in [-0.39, 0.29) is 0 Å². The molecular weight excluding hydrogens is 178 g/mol. The molecule has 0 aliphatic heterocycles. The molecule has 0 spiro atoms. The fourth-order valence-electron chi connectivity index (χ4n) is 1.00. The highest BCUT2D eigenvalue weighted by molar-refractivity contribution is 7.10. The lowest BCUT2D eigenvalue weighted by Gasteiger charge is -1.89. The summed E-state index contributed by atoms with van der Waals surface area (Å²) in [6, 6.07) is 2.11. The van der Waals surface area contributed by atoms with Crippen LogP contribution >= 0.6 is 11.3 Å². The van der Waals surface area contributed by atoms with Crippen LogP contribution in [0.25, 0.3) is 0 Å². The third kappa shape index (κ3) is 3.63. The first-order chi connectivity index (χ1) is 6.34. The van der Waals surface area contributed by atoms with Gasteiger partial charge in [0.2, 0.25) is 0 Å². The van der Waals surface area contributed by atoms with E-state index in [1.165, 1.54) is 10.4 Å². The fourth-order valence-corrected chi connectivity index (χ4v) is 1.79. The van der Waals surface area contributed by atoms with Crippen LogP contribution in [0.5, 0.6) is 0 Å². The Morgan fingerprint density at radius 1 is 1.46 bits per heavy atom. The zero-order valence-corrected chi connectivity index (χ0v) is 8.79. The van der Waals surface area contributed by atoms with Gasteiger partial charge >= 0.3 is 0 Å². The third-order valence-corrected chi connectivity index (χ3v) is 2.75. The average Bonchev–Trinajstić information content (AvgIpc) is 2.52. The molecule has 1 aromatic heterocycles. The molecule has 2 N–H and O–H groups in total. The molecule has 0 fully saturated rings. The second kappa shape index (κ2) is 5.80. The standard InChI is InChI=1S/C11H15NS/c1-10-7-9-13-11(10)6-4-2-3-5-8-12/h7,9H,2-3,5,8,12H2,1H3. The van der Waals surface area contributed by atoms with Crippen LogP contribution in [0, 0.1) is 18.8 Å². The molecule has 0 amide bonds. The summed E-state index contributed by atoms with van der Waals surface area (Å²) in [4.78, 5) is 1.20. The second-order valence-electron chi connectivity index (χ2n) is 2.98. The lowest BCUT2D eigenvalue weighted by Crippen LogP contribution is -1.96. The smallest absolute Gasteiger partial charge is 0.0797 e. The van der Waals surface area contributed by atoms with Gasteiger partial charge in [0.15, 0.2) is 0 Å². The number of rotatable bonds is 3. The van der Waals surface area contributed by atoms with Crippen molar-refractivity contribution in [1.29, 1.82) is 0 Å². The number of unbranched alkanes of at least 4 members (excludes halogenated alkanes) is 2. The predicted molar refractivity (Wildman–Crippen MR) is 58.8 cm³/mol. The molecule has 0 aliphatic rings. The molecule has 1 rings (SSSR count). The number of thiophene rings is 1. The maximum atomic E-state index is 5.38. The molecule has 2 heteroatoms. The Morgan fingerprint density at radius 2 is 2.31 bits per heavy atom. The van der Waals surface area contributed by atoms with E-state index < -0.39 is 0 Å². The van der Waals surface area contributed by atoms with E-state index in [0.29, 0.717) is 0 Å². The van der Waals surface area contributed by atoms with Gasteiger partial charge < -0.3 is 5.73 Å². The van der Waals surface area contributed by atoms with E-state index in [9.17, 15) is 0 Å². The normalized spacial score (nSPS) is 9.38. The van der Waals surface area contributed by atoms with Crippen molar-refractivity contribution in [3.8, 4) is 11.8 Å². The minimum atomic E-state index is 0.777. The Kier molecular flexibility index (Phi) is 4.59. The zero-order chi connectivity index (χ0) is 9.52. The SMILES string of the molecule is Cc1ccsc1C#CCCCCN. The number of hydrogen-bond donors (Lipinski definition) is 1. The van der Waals surface area contributed by atoms with Gasteiger partial charge in [0.1, 0.15) is 0 Å². The lowest BCUT2D eigenvalue weighted by atomic mass is 10.2. The van der Waals surface area contributed by atoms with Crippen molar-refractivity contribution in [2.45, 2.75) is 26.2 Å². The van der Waals surface area contributed by atoms with Crippen LogP contribution in [-0.2, 0) is 0 Å². The molecule has 1 nitrogen and oxygen atoms in total. The van der Waals surface area contributed by atoms with Gasteiger partial charge in [-0.2, -0.15) is 0 Å². The topological polar surface area (TPSA) is 26.0 Å². The molecule has 1 heterocycles. The van der Waals surface area contributed by atoms with Crippen molar-refractivity contribution in [2.24, 2.45) is 5.73 Å². The molecule has 1 aromatic rings. The van der Waals surface area contributed by atoms with Gasteiger partial charge in [-0.25, -0.2) is 0 Å². The van der Waals surface area contributed by atoms with Crippen molar-refractivity contribution in [1.82, 2.24) is 0 Å². The summed E-state index contributed by atoms with van der Waals surface area (Å²) in [5.41, 5.74) is 6.67. The molecule has 0 aliphatic carbocycles. The second-order valence-corrected chi connectivity index (χ2v) is 3.90. The maximum absolute atomic E-state index is 5.38. The first-order valence-corrected chi connectivity index (χ1v) is 5.45. The van der Waals surface area contributed by atoms with E-state index in [2.05, 4.69) is 30.2 Å². The summed E-state index contributed by atoms with van der Waals surface area (Å²) in [6.07, 6.45) is 3.17. The van der Waals surface area contributed by atoms with Crippen LogP contribution < -0.4 is 5.73 Å². The van der Waals surface area contributed by atoms with E-state index in [1.54, 1.807) is 11.3 Å². The Bertz CT molecular complexity index is 303. The summed E-state index contributed by atoms with van der Waals surface area (Å²) in [6.45, 7) is 2.88. The van der Waals surface area contributed by atoms with E-state index in [4.69, 9.17) is 5.73 Å². The summed E-state index contributed by atoms with van der Waals surface area (Å²) >= 11 is 1.72. The van der Waals surface area contributed by atoms with Gasteiger partial charge in [0.05, 0.1) is 4.88 Å². The van der Waals surface area contributed by atoms with Gasteiger partial charge in [0, 0.05) is 6.42 Å². The predicted octanol–water partition coefficient (Wildman–Crippen LogP) is 2.54. The van der Waals surface area contributed by atoms with E-state index in [1.807, 2.05) is 0 Å². The average molecular weight is 193 g/mol. The molecule has 0 unspecified atom stereocenters. The zero-order valence-electron chi connectivity index (χ0n) is 7.97. The molecule has 0 aromatic carbocycles. The maximum Gasteiger partial charge on any atom is 0.0797 e. The summed E-state index contributed by atoms with van der Waals surface area (Å²) < 4.78 is 0. The summed E-state index contributed by atoms with van der Waals surface area (Å²) in [7, 11) is 0. The highest BCUT2D eigenvalue weighted by atomic mass is 32.1. The Balaban J connectivity index is 2.35. The summed E-state index contributed by atoms with van der Waals surface area (Å²) in [5, 5.41) is 2.08. The van der Waals surface area contributed by atoms with Crippen LogP contribution in [0.2, 0.25) is 0 Å². The van der Waals surface area contributed by atoms with Crippen LogP contribution in [0.1, 0.15) is 29.7 Å². The Hall–Kier alpha value is -0.780. The molecule has 0 radical (unpaired) electrons. The molecule has 0 atom stereocenters. The van der Waals surface area contributed by atoms with Gasteiger partial charge in [0.25, 0.3) is 0 Å². The minimum absolute atomic E-state index is 0.777. The molecule has 0 bridgehead atoms. The number of nitrogens with two attached hydrogens (primary N) is 1. The molecule has 13 heavy (non-hydrogen) atoms. The first kappa shape index (κ1) is 10.3. The summed E-state index contributed by atoms with van der Waals surface area (Å²) in [5.74, 6) is 6.35. The van der Waals surface area contributed by atoms with Crippen molar-refractivity contribution in [3.63, 3.8) is 0 Å². The largest absolute Gasteiger partial charge is 0.330 e. The molecule has 0 saturated heterocycles. The minimum Gasteiger partial charge on any atom is -0.330 e. The first-order valence-electron chi connectivity index (χ1n) is 4.57. The molecule has 70 valence electrons. The van der Waals surface area contributed by atoms with Crippen LogP contribution in [-0.4, -0.2) is 6.54 Å². The van der Waals surface area contributed by atoms with E-state index >= 15 is 0 Å². The fraction of sp³-hybridized carbons (Fsp3) is 0.455. The molecular formula is C11H15NS. The number of hydrogen-bond acceptors (Lipinski definition) is 2. The number of aryl methyl sites for hydroxylation is 1. The monoisotopic (exact) mass is 193 g/mol. The van der Waals surface area contributed by atoms with Crippen LogP contribution in [0.15, 0.2) is 11.4 Å². The van der Waals surface area contributed by atoms with Gasteiger partial charge in [-0.05, 0) is 43.3 Å². The quantitative estimate of drug-likeness (QED) is 0.579. The van der Waals surface area contributed by atoms with Crippen molar-refractivity contribution in [2.75, 3.05) is 6.54 Å². The third-order valence-electron chi connectivity index (χ3n) is 1.82. The van der Waals surface area contributed by atoms with Crippen LogP contribution in [0.3, 0.4) is 0 Å². The highest BCUT2D eigenvalue weighted by Gasteiger charge is 1.92. The highest BCUT2D eigenvalue weighted by Crippen LogP contribution is 2.13. The van der Waals surface area contributed by atoms with Crippen molar-refractivity contribution < 1.29 is 0 Å². The van der Waals surface area contributed by atoms with Gasteiger partial charge in [-0.1, -0.05) is 11.8 Å². The lowest BCUT2D eigenvalue weighted by molar-refractivity contribution is 0.768. The Labute approximate surface area is 84.0 Å². The van der Waals surface area contributed by atoms with Gasteiger partial charge in [-0.15, -0.1) is 11.3 Å². The van der Waals surface area contributed by atoms with Gasteiger partial charge in [-0.3, -0.25) is 0 Å². The van der Waals surface area contributed by atoms with E-state index in [0.717, 1.165) is 25.8 Å².